The average Bonchev–Trinajstić information content (AvgIpc) is 2.80. The Labute approximate surface area is 116 Å². The summed E-state index contributed by atoms with van der Waals surface area (Å²) in [5.74, 6) is 0.721. The summed E-state index contributed by atoms with van der Waals surface area (Å²) in [6.07, 6.45) is 5.09. The largest absolute Gasteiger partial charge is 0.368 e. The first-order chi connectivity index (χ1) is 9.49. The van der Waals surface area contributed by atoms with Crippen molar-refractivity contribution in [2.24, 2.45) is 7.05 Å². The number of rotatable bonds is 3. The predicted octanol–water partition coefficient (Wildman–Crippen LogP) is 0.317. The van der Waals surface area contributed by atoms with Crippen molar-refractivity contribution in [1.82, 2.24) is 24.7 Å². The molecule has 20 heavy (non-hydrogen) atoms. The van der Waals surface area contributed by atoms with Crippen molar-refractivity contribution in [3.63, 3.8) is 0 Å². The number of hydrogen-bond acceptors (Lipinski definition) is 7. The maximum atomic E-state index is 9.27. The fourth-order valence-corrected chi connectivity index (χ4v) is 1.53. The van der Waals surface area contributed by atoms with E-state index in [0.29, 0.717) is 11.5 Å². The summed E-state index contributed by atoms with van der Waals surface area (Å²) in [6, 6.07) is 2.07. The first kappa shape index (κ1) is 13.5. The third-order valence-corrected chi connectivity index (χ3v) is 2.44. The second kappa shape index (κ2) is 5.36. The van der Waals surface area contributed by atoms with E-state index in [9.17, 15) is 5.26 Å². The van der Waals surface area contributed by atoms with E-state index in [1.165, 1.54) is 0 Å². The topological polar surface area (TPSA) is 110 Å². The van der Waals surface area contributed by atoms with Crippen molar-refractivity contribution in [3.8, 4) is 6.07 Å². The van der Waals surface area contributed by atoms with Crippen molar-refractivity contribution in [3.05, 3.63) is 23.8 Å². The molecule has 0 saturated heterocycles. The highest BCUT2D eigenvalue weighted by Gasteiger charge is 2.11. The Bertz CT molecular complexity index is 692. The molecule has 0 saturated carbocycles. The summed E-state index contributed by atoms with van der Waals surface area (Å²) in [6.45, 7) is 0. The summed E-state index contributed by atoms with van der Waals surface area (Å²) in [5, 5.41) is 13.3. The Kier molecular flexibility index (Phi) is 3.61. The van der Waals surface area contributed by atoms with Gasteiger partial charge >= 0.3 is 0 Å². The number of nitrogens with zero attached hydrogens (tertiary/aromatic N) is 7. The highest BCUT2D eigenvalue weighted by molar-refractivity contribution is 5.87. The number of nitrogen functional groups attached to an aromatic ring is 1. The minimum absolute atomic E-state index is 0.0750. The van der Waals surface area contributed by atoms with Gasteiger partial charge in [0.15, 0.2) is 5.82 Å². The monoisotopic (exact) mass is 270 g/mol. The number of nitrogens with two attached hydrogens (primary N) is 1. The molecule has 0 unspecified atom stereocenters. The zero-order valence-electron chi connectivity index (χ0n) is 11.4. The molecule has 2 heterocycles. The molecule has 8 nitrogen and oxygen atoms in total. The molecule has 102 valence electrons. The molecule has 0 spiro atoms. The van der Waals surface area contributed by atoms with E-state index >= 15 is 0 Å². The van der Waals surface area contributed by atoms with Crippen molar-refractivity contribution in [1.29, 1.82) is 5.26 Å². The Hall–Kier alpha value is -2.95. The summed E-state index contributed by atoms with van der Waals surface area (Å²) in [5.41, 5.74) is 6.73. The van der Waals surface area contributed by atoms with Gasteiger partial charge in [-0.05, 0) is 6.08 Å². The normalized spacial score (nSPS) is 11.2. The third kappa shape index (κ3) is 2.89. The van der Waals surface area contributed by atoms with Gasteiger partial charge < -0.3 is 10.6 Å². The third-order valence-electron chi connectivity index (χ3n) is 2.44. The lowest BCUT2D eigenvalue weighted by Crippen LogP contribution is -2.15. The quantitative estimate of drug-likeness (QED) is 0.799. The number of nitriles is 1. The van der Waals surface area contributed by atoms with Gasteiger partial charge in [-0.1, -0.05) is 0 Å². The van der Waals surface area contributed by atoms with Gasteiger partial charge in [-0.2, -0.15) is 25.3 Å². The average molecular weight is 270 g/mol. The van der Waals surface area contributed by atoms with Gasteiger partial charge in [-0.15, -0.1) is 0 Å². The van der Waals surface area contributed by atoms with Crippen LogP contribution in [0, 0.1) is 11.3 Å². The molecule has 8 heteroatoms. The van der Waals surface area contributed by atoms with Crippen molar-refractivity contribution in [2.75, 3.05) is 24.7 Å². The van der Waals surface area contributed by atoms with Gasteiger partial charge in [-0.3, -0.25) is 4.68 Å². The van der Waals surface area contributed by atoms with Crippen LogP contribution >= 0.6 is 0 Å². The van der Waals surface area contributed by atoms with Crippen LogP contribution in [0.5, 0.6) is 0 Å². The van der Waals surface area contributed by atoms with Crippen LogP contribution in [0.1, 0.15) is 11.4 Å². The van der Waals surface area contributed by atoms with E-state index in [-0.39, 0.29) is 11.8 Å². The lowest BCUT2D eigenvalue weighted by Gasteiger charge is -2.10. The fourth-order valence-electron chi connectivity index (χ4n) is 1.53. The lowest BCUT2D eigenvalue weighted by atomic mass is 10.2. The van der Waals surface area contributed by atoms with Gasteiger partial charge in [-0.25, -0.2) is 0 Å². The van der Waals surface area contributed by atoms with Crippen molar-refractivity contribution >= 4 is 23.5 Å². The van der Waals surface area contributed by atoms with Crippen LogP contribution in [-0.4, -0.2) is 38.8 Å². The molecule has 2 aromatic rings. The Morgan fingerprint density at radius 1 is 1.40 bits per heavy atom. The predicted molar refractivity (Wildman–Crippen MR) is 75.3 cm³/mol. The molecule has 2 N–H and O–H groups in total. The summed E-state index contributed by atoms with van der Waals surface area (Å²) in [4.78, 5) is 13.9. The van der Waals surface area contributed by atoms with Gasteiger partial charge in [0.1, 0.15) is 6.07 Å². The number of anilines is 2. The molecular weight excluding hydrogens is 256 g/mol. The molecule has 0 fully saturated rings. The smallest absolute Gasteiger partial charge is 0.230 e. The first-order valence-electron chi connectivity index (χ1n) is 5.79. The van der Waals surface area contributed by atoms with E-state index < -0.39 is 0 Å². The van der Waals surface area contributed by atoms with Crippen LogP contribution in [0.25, 0.3) is 11.6 Å². The van der Waals surface area contributed by atoms with Crippen LogP contribution in [0.2, 0.25) is 0 Å². The van der Waals surface area contributed by atoms with Crippen LogP contribution in [-0.2, 0) is 7.05 Å². The molecule has 0 aliphatic rings. The van der Waals surface area contributed by atoms with Crippen molar-refractivity contribution in [2.45, 2.75) is 0 Å². The molecule has 0 bridgehead atoms. The van der Waals surface area contributed by atoms with Gasteiger partial charge in [0, 0.05) is 32.9 Å². The molecular formula is C12H14N8. The van der Waals surface area contributed by atoms with E-state index in [1.807, 2.05) is 0 Å². The summed E-state index contributed by atoms with van der Waals surface area (Å²) < 4.78 is 1.65. The molecule has 2 rings (SSSR count). The van der Waals surface area contributed by atoms with E-state index in [2.05, 4.69) is 26.1 Å². The van der Waals surface area contributed by atoms with E-state index in [0.717, 1.165) is 5.56 Å². The van der Waals surface area contributed by atoms with E-state index in [1.54, 1.807) is 49.2 Å². The minimum Gasteiger partial charge on any atom is -0.368 e. The number of allylic oxidation sites excluding steroid dienone is 1. The molecule has 0 aliphatic carbocycles. The first-order valence-corrected chi connectivity index (χ1v) is 5.79. The minimum atomic E-state index is 0.0750. The lowest BCUT2D eigenvalue weighted by molar-refractivity contribution is 0.767. The van der Waals surface area contributed by atoms with Crippen molar-refractivity contribution < 1.29 is 0 Å². The maximum absolute atomic E-state index is 9.27. The Balaban J connectivity index is 2.47. The Morgan fingerprint density at radius 2 is 2.15 bits per heavy atom. The molecule has 2 aromatic heterocycles. The number of aromatic nitrogens is 5. The summed E-state index contributed by atoms with van der Waals surface area (Å²) in [7, 11) is 5.37. The second-order valence-electron chi connectivity index (χ2n) is 4.33. The molecule has 0 aliphatic heterocycles. The molecule has 0 radical (unpaired) electrons. The molecule has 0 amide bonds. The SMILES string of the molecule is CN(C)c1nc(N)nc(/C(C#N)=C\c2cnn(C)c2)n1. The molecule has 0 aromatic carbocycles. The summed E-state index contributed by atoms with van der Waals surface area (Å²) >= 11 is 0. The van der Waals surface area contributed by atoms with Crippen LogP contribution in [0.3, 0.4) is 0 Å². The molecule has 0 atom stereocenters. The van der Waals surface area contributed by atoms with Crippen LogP contribution < -0.4 is 10.6 Å². The Morgan fingerprint density at radius 3 is 2.70 bits per heavy atom. The maximum Gasteiger partial charge on any atom is 0.230 e. The zero-order valence-corrected chi connectivity index (χ0v) is 11.4. The van der Waals surface area contributed by atoms with Gasteiger partial charge in [0.05, 0.1) is 11.8 Å². The fraction of sp³-hybridized carbons (Fsp3) is 0.250. The second-order valence-corrected chi connectivity index (χ2v) is 4.33. The van der Waals surface area contributed by atoms with Crippen LogP contribution in [0.4, 0.5) is 11.9 Å². The van der Waals surface area contributed by atoms with Gasteiger partial charge in [0.2, 0.25) is 11.9 Å². The van der Waals surface area contributed by atoms with Crippen LogP contribution in [0.15, 0.2) is 12.4 Å². The van der Waals surface area contributed by atoms with Gasteiger partial charge in [0.25, 0.3) is 0 Å². The van der Waals surface area contributed by atoms with E-state index in [4.69, 9.17) is 5.73 Å². The number of hydrogen-bond donors (Lipinski definition) is 1. The number of aryl methyl sites for hydroxylation is 1. The standard InChI is InChI=1S/C12H14N8/c1-19(2)12-17-10(16-11(14)18-12)9(5-13)4-8-6-15-20(3)7-8/h4,6-7H,1-3H3,(H2,14,16,17,18)/b9-4-. The highest BCUT2D eigenvalue weighted by Crippen LogP contribution is 2.16. The zero-order chi connectivity index (χ0) is 14.7. The highest BCUT2D eigenvalue weighted by atomic mass is 15.3.